The van der Waals surface area contributed by atoms with Gasteiger partial charge in [0.25, 0.3) is 0 Å². The second-order valence-electron chi connectivity index (χ2n) is 4.60. The second kappa shape index (κ2) is 4.89. The molecule has 0 spiro atoms. The Balaban J connectivity index is 2.40. The Morgan fingerprint density at radius 1 is 1.05 bits per heavy atom. The molecule has 0 aliphatic heterocycles. The molecule has 3 aromatic rings. The summed E-state index contributed by atoms with van der Waals surface area (Å²) < 4.78 is 42.7. The van der Waals surface area contributed by atoms with Crippen LogP contribution in [0.3, 0.4) is 0 Å². The summed E-state index contributed by atoms with van der Waals surface area (Å²) >= 11 is 10.9. The number of aromatic nitrogens is 2. The van der Waals surface area contributed by atoms with E-state index < -0.39 is 17.5 Å². The third-order valence-electron chi connectivity index (χ3n) is 3.19. The van der Waals surface area contributed by atoms with Crippen LogP contribution in [0.1, 0.15) is 5.56 Å². The molecule has 0 saturated carbocycles. The van der Waals surface area contributed by atoms with Crippen molar-refractivity contribution in [1.82, 2.24) is 9.55 Å². The lowest BCUT2D eigenvalue weighted by Gasteiger charge is -2.08. The Bertz CT molecular complexity index is 930. The lowest BCUT2D eigenvalue weighted by atomic mass is 10.2. The predicted octanol–water partition coefficient (Wildman–Crippen LogP) is 5.07. The molecule has 7 heteroatoms. The fourth-order valence-corrected chi connectivity index (χ4v) is 2.61. The Hall–Kier alpha value is -1.79. The number of aryl methyl sites for hydroxylation is 1. The molecule has 0 fully saturated rings. The number of H-pyrrole nitrogens is 1. The topological polar surface area (TPSA) is 20.7 Å². The minimum atomic E-state index is -0.633. The van der Waals surface area contributed by atoms with Crippen molar-refractivity contribution in [3.63, 3.8) is 0 Å². The molecule has 1 N–H and O–H groups in total. The maximum atomic E-state index is 14.1. The van der Waals surface area contributed by atoms with Crippen LogP contribution in [0, 0.1) is 29.1 Å². The second-order valence-corrected chi connectivity index (χ2v) is 5.40. The van der Waals surface area contributed by atoms with Gasteiger partial charge in [-0.15, -0.1) is 0 Å². The summed E-state index contributed by atoms with van der Waals surface area (Å²) in [5.41, 5.74) is 0.847. The van der Waals surface area contributed by atoms with E-state index in [9.17, 15) is 13.2 Å². The average molecular weight is 329 g/mol. The molecular weight excluding hydrogens is 321 g/mol. The zero-order valence-corrected chi connectivity index (χ0v) is 12.2. The molecule has 3 rings (SSSR count). The van der Waals surface area contributed by atoms with E-state index in [1.807, 2.05) is 0 Å². The maximum absolute atomic E-state index is 14.1. The number of hydrogen-bond donors (Lipinski definition) is 1. The number of fused-ring (bicyclic) bond motifs is 1. The third kappa shape index (κ3) is 2.24. The Labute approximate surface area is 127 Å². The van der Waals surface area contributed by atoms with Crippen LogP contribution in [0.4, 0.5) is 13.2 Å². The molecular formula is C14H8ClF3N2S. The van der Waals surface area contributed by atoms with E-state index in [0.29, 0.717) is 11.0 Å². The fraction of sp³-hybridized carbons (Fsp3) is 0.0714. The van der Waals surface area contributed by atoms with Crippen LogP contribution in [0.2, 0.25) is 5.02 Å². The van der Waals surface area contributed by atoms with Crippen molar-refractivity contribution in [3.05, 3.63) is 57.1 Å². The molecule has 0 unspecified atom stereocenters. The van der Waals surface area contributed by atoms with E-state index in [1.165, 1.54) is 17.6 Å². The predicted molar refractivity (Wildman–Crippen MR) is 78.1 cm³/mol. The van der Waals surface area contributed by atoms with Gasteiger partial charge in [-0.2, -0.15) is 0 Å². The van der Waals surface area contributed by atoms with Gasteiger partial charge in [-0.25, -0.2) is 13.2 Å². The van der Waals surface area contributed by atoms with Gasteiger partial charge in [-0.05, 0) is 36.8 Å². The van der Waals surface area contributed by atoms with Crippen LogP contribution in [0.15, 0.2) is 24.3 Å². The monoisotopic (exact) mass is 328 g/mol. The maximum Gasteiger partial charge on any atom is 0.182 e. The van der Waals surface area contributed by atoms with E-state index in [4.69, 9.17) is 23.8 Å². The van der Waals surface area contributed by atoms with E-state index in [0.717, 1.165) is 18.2 Å². The molecule has 0 atom stereocenters. The highest BCUT2D eigenvalue weighted by molar-refractivity contribution is 7.71. The molecule has 108 valence electrons. The quantitative estimate of drug-likeness (QED) is 0.619. The highest BCUT2D eigenvalue weighted by atomic mass is 35.5. The van der Waals surface area contributed by atoms with Crippen molar-refractivity contribution >= 4 is 34.9 Å². The summed E-state index contributed by atoms with van der Waals surface area (Å²) in [6.07, 6.45) is 0. The number of nitrogens with zero attached hydrogens (tertiary/aromatic N) is 1. The molecule has 0 amide bonds. The van der Waals surface area contributed by atoms with Gasteiger partial charge in [-0.3, -0.25) is 4.57 Å². The van der Waals surface area contributed by atoms with Crippen molar-refractivity contribution in [2.45, 2.75) is 6.92 Å². The molecule has 0 aliphatic carbocycles. The molecule has 2 nitrogen and oxygen atoms in total. The van der Waals surface area contributed by atoms with Crippen molar-refractivity contribution in [2.75, 3.05) is 0 Å². The normalized spacial score (nSPS) is 11.3. The molecule has 0 radical (unpaired) electrons. The van der Waals surface area contributed by atoms with Gasteiger partial charge in [-0.1, -0.05) is 11.6 Å². The zero-order chi connectivity index (χ0) is 15.3. The molecule has 0 saturated heterocycles. The molecule has 0 aliphatic rings. The minimum absolute atomic E-state index is 0.0583. The first-order valence-corrected chi connectivity index (χ1v) is 6.73. The smallest absolute Gasteiger partial charge is 0.182 e. The van der Waals surface area contributed by atoms with Crippen LogP contribution in [0.25, 0.3) is 16.7 Å². The van der Waals surface area contributed by atoms with Crippen molar-refractivity contribution in [3.8, 4) is 5.69 Å². The molecule has 2 aromatic carbocycles. The van der Waals surface area contributed by atoms with Gasteiger partial charge < -0.3 is 4.98 Å². The standard InChI is InChI=1S/C14H8ClF3N2S/c1-6-2-10(18)12(5-8(6)16)20-13-3-7(15)9(17)4-11(13)19-14(20)21/h2-5H,1H3,(H,19,21). The summed E-state index contributed by atoms with van der Waals surface area (Å²) in [5, 5.41) is -0.127. The summed E-state index contributed by atoms with van der Waals surface area (Å²) in [5.74, 6) is -1.81. The van der Waals surface area contributed by atoms with Gasteiger partial charge in [0.15, 0.2) is 4.77 Å². The van der Waals surface area contributed by atoms with E-state index in [1.54, 1.807) is 0 Å². The number of aromatic amines is 1. The van der Waals surface area contributed by atoms with Gasteiger partial charge in [0.1, 0.15) is 17.5 Å². The van der Waals surface area contributed by atoms with E-state index in [2.05, 4.69) is 4.98 Å². The molecule has 1 heterocycles. The SMILES string of the molecule is Cc1cc(F)c(-n2c(=S)[nH]c3cc(F)c(Cl)cc32)cc1F. The number of halogens is 4. The van der Waals surface area contributed by atoms with Crippen molar-refractivity contribution in [2.24, 2.45) is 0 Å². The third-order valence-corrected chi connectivity index (χ3v) is 3.77. The fourth-order valence-electron chi connectivity index (χ4n) is 2.15. The van der Waals surface area contributed by atoms with Gasteiger partial charge >= 0.3 is 0 Å². The largest absolute Gasteiger partial charge is 0.330 e. The summed E-state index contributed by atoms with van der Waals surface area (Å²) in [6, 6.07) is 4.60. The number of hydrogen-bond acceptors (Lipinski definition) is 1. The van der Waals surface area contributed by atoms with Crippen LogP contribution in [-0.4, -0.2) is 9.55 Å². The van der Waals surface area contributed by atoms with Crippen LogP contribution in [-0.2, 0) is 0 Å². The number of imidazole rings is 1. The first-order chi connectivity index (χ1) is 9.88. The first kappa shape index (κ1) is 14.2. The Morgan fingerprint density at radius 3 is 2.48 bits per heavy atom. The first-order valence-electron chi connectivity index (χ1n) is 5.94. The highest BCUT2D eigenvalue weighted by Crippen LogP contribution is 2.27. The summed E-state index contributed by atoms with van der Waals surface area (Å²) in [6.45, 7) is 1.46. The lowest BCUT2D eigenvalue weighted by molar-refractivity contribution is 0.586. The van der Waals surface area contributed by atoms with Gasteiger partial charge in [0.05, 0.1) is 21.7 Å². The average Bonchev–Trinajstić information content (AvgIpc) is 2.70. The van der Waals surface area contributed by atoms with E-state index >= 15 is 0 Å². The van der Waals surface area contributed by atoms with Crippen LogP contribution in [0.5, 0.6) is 0 Å². The number of benzene rings is 2. The number of nitrogens with one attached hydrogen (secondary N) is 1. The highest BCUT2D eigenvalue weighted by Gasteiger charge is 2.15. The lowest BCUT2D eigenvalue weighted by Crippen LogP contribution is -2.00. The molecule has 0 bridgehead atoms. The number of rotatable bonds is 1. The van der Waals surface area contributed by atoms with Crippen LogP contribution >= 0.6 is 23.8 Å². The van der Waals surface area contributed by atoms with Gasteiger partial charge in [0, 0.05) is 12.1 Å². The Morgan fingerprint density at radius 2 is 1.76 bits per heavy atom. The van der Waals surface area contributed by atoms with E-state index in [-0.39, 0.29) is 21.0 Å². The molecule has 21 heavy (non-hydrogen) atoms. The van der Waals surface area contributed by atoms with Crippen molar-refractivity contribution < 1.29 is 13.2 Å². The summed E-state index contributed by atoms with van der Waals surface area (Å²) in [7, 11) is 0. The minimum Gasteiger partial charge on any atom is -0.330 e. The van der Waals surface area contributed by atoms with Crippen LogP contribution < -0.4 is 0 Å². The summed E-state index contributed by atoms with van der Waals surface area (Å²) in [4.78, 5) is 2.74. The molecule has 1 aromatic heterocycles. The Kier molecular flexibility index (Phi) is 3.30. The van der Waals surface area contributed by atoms with Gasteiger partial charge in [0.2, 0.25) is 0 Å². The van der Waals surface area contributed by atoms with Crippen molar-refractivity contribution in [1.29, 1.82) is 0 Å². The zero-order valence-electron chi connectivity index (χ0n) is 10.7.